The maximum absolute atomic E-state index is 13.0. The van der Waals surface area contributed by atoms with Gasteiger partial charge in [-0.1, -0.05) is 13.8 Å². The molecule has 2 aliphatic heterocycles. The number of carboxylic acids is 1. The molecule has 3 rings (SSSR count). The van der Waals surface area contributed by atoms with E-state index in [1.165, 1.54) is 11.3 Å². The van der Waals surface area contributed by atoms with E-state index in [1.54, 1.807) is 0 Å². The van der Waals surface area contributed by atoms with Crippen LogP contribution >= 0.6 is 11.3 Å². The number of nitrogens with zero attached hydrogens (tertiary/aromatic N) is 2. The molecule has 1 N–H and O–H groups in total. The summed E-state index contributed by atoms with van der Waals surface area (Å²) in [6.07, 6.45) is 2.82. The molecule has 0 bridgehead atoms. The Morgan fingerprint density at radius 2 is 2.00 bits per heavy atom. The Balaban J connectivity index is 1.63. The van der Waals surface area contributed by atoms with Crippen LogP contribution in [0.5, 0.6) is 0 Å². The van der Waals surface area contributed by atoms with Crippen LogP contribution in [0.4, 0.5) is 0 Å². The average molecular weight is 381 g/mol. The quantitative estimate of drug-likeness (QED) is 0.849. The summed E-state index contributed by atoms with van der Waals surface area (Å²) >= 11 is 1.48. The van der Waals surface area contributed by atoms with Crippen LogP contribution in [0, 0.1) is 24.7 Å². The summed E-state index contributed by atoms with van der Waals surface area (Å²) in [6, 6.07) is 0. The minimum atomic E-state index is -0.760. The summed E-state index contributed by atoms with van der Waals surface area (Å²) in [7, 11) is 0. The summed E-state index contributed by atoms with van der Waals surface area (Å²) < 4.78 is 5.72. The van der Waals surface area contributed by atoms with Crippen LogP contribution in [0.1, 0.15) is 53.5 Å². The maximum atomic E-state index is 13.0. The summed E-state index contributed by atoms with van der Waals surface area (Å²) in [6.45, 7) is 8.06. The number of carboxylic acid groups (broad SMARTS) is 1. The molecule has 2 atom stereocenters. The van der Waals surface area contributed by atoms with Crippen LogP contribution in [0.2, 0.25) is 0 Å². The highest BCUT2D eigenvalue weighted by atomic mass is 32.1. The molecule has 0 aliphatic carbocycles. The number of carbonyl (C=O) groups is 2. The fourth-order valence-electron chi connectivity index (χ4n) is 4.08. The minimum absolute atomic E-state index is 0.0758. The molecule has 1 aromatic heterocycles. The number of hydrogen-bond acceptors (Lipinski definition) is 5. The van der Waals surface area contributed by atoms with Gasteiger partial charge in [0.1, 0.15) is 4.88 Å². The van der Waals surface area contributed by atoms with Crippen molar-refractivity contribution in [2.24, 2.45) is 17.8 Å². The Morgan fingerprint density at radius 1 is 1.31 bits per heavy atom. The van der Waals surface area contributed by atoms with Gasteiger partial charge < -0.3 is 14.7 Å². The van der Waals surface area contributed by atoms with E-state index in [0.29, 0.717) is 32.0 Å². The number of carbonyl (C=O) groups excluding carboxylic acids is 1. The van der Waals surface area contributed by atoms with Crippen molar-refractivity contribution in [2.45, 2.75) is 52.6 Å². The van der Waals surface area contributed by atoms with Crippen LogP contribution in [-0.2, 0) is 16.0 Å². The molecule has 1 aromatic rings. The van der Waals surface area contributed by atoms with Crippen molar-refractivity contribution in [3.05, 3.63) is 15.6 Å². The number of piperidine rings is 1. The molecule has 3 heterocycles. The second kappa shape index (κ2) is 8.05. The second-order valence-corrected chi connectivity index (χ2v) is 9.01. The van der Waals surface area contributed by atoms with Crippen LogP contribution < -0.4 is 0 Å². The molecule has 7 heteroatoms. The van der Waals surface area contributed by atoms with Crippen molar-refractivity contribution in [3.63, 3.8) is 0 Å². The van der Waals surface area contributed by atoms with E-state index in [-0.39, 0.29) is 17.9 Å². The number of aliphatic carboxylic acids is 1. The van der Waals surface area contributed by atoms with Gasteiger partial charge in [0.25, 0.3) is 5.91 Å². The molecule has 1 unspecified atom stereocenters. The van der Waals surface area contributed by atoms with E-state index < -0.39 is 11.9 Å². The summed E-state index contributed by atoms with van der Waals surface area (Å²) in [4.78, 5) is 31.6. The molecule has 2 saturated heterocycles. The van der Waals surface area contributed by atoms with E-state index in [0.717, 1.165) is 34.8 Å². The zero-order valence-corrected chi connectivity index (χ0v) is 16.6. The Morgan fingerprint density at radius 3 is 2.62 bits per heavy atom. The minimum Gasteiger partial charge on any atom is -0.481 e. The number of likely N-dealkylation sites (tertiary alicyclic amines) is 1. The Bertz CT molecular complexity index is 664. The zero-order chi connectivity index (χ0) is 18.8. The number of aryl methyl sites for hydroxylation is 1. The molecule has 0 radical (unpaired) electrons. The van der Waals surface area contributed by atoms with Gasteiger partial charge in [0.2, 0.25) is 0 Å². The third kappa shape index (κ3) is 4.09. The molecular weight excluding hydrogens is 352 g/mol. The predicted molar refractivity (Wildman–Crippen MR) is 99.5 cm³/mol. The standard InChI is InChI=1S/C19H28N2O4S/c1-11(2)10-15-17(26-12(3)20-15)18(22)21-7-4-13(5-8-21)16-14(19(23)24)6-9-25-16/h11,13-14,16H,4-10H2,1-3H3,(H,23,24)/t14?,16-/m0/s1. The molecule has 1 amide bonds. The first-order valence-electron chi connectivity index (χ1n) is 9.46. The van der Waals surface area contributed by atoms with Gasteiger partial charge in [-0.05, 0) is 44.4 Å². The first kappa shape index (κ1) is 19.3. The van der Waals surface area contributed by atoms with Crippen molar-refractivity contribution in [2.75, 3.05) is 19.7 Å². The van der Waals surface area contributed by atoms with Crippen molar-refractivity contribution < 1.29 is 19.4 Å². The van der Waals surface area contributed by atoms with E-state index in [1.807, 2.05) is 11.8 Å². The van der Waals surface area contributed by atoms with Crippen molar-refractivity contribution >= 4 is 23.2 Å². The lowest BCUT2D eigenvalue weighted by Gasteiger charge is -2.35. The largest absolute Gasteiger partial charge is 0.481 e. The van der Waals surface area contributed by atoms with Gasteiger partial charge in [-0.3, -0.25) is 9.59 Å². The normalized spacial score (nSPS) is 24.4. The molecule has 2 fully saturated rings. The van der Waals surface area contributed by atoms with Crippen molar-refractivity contribution in [1.82, 2.24) is 9.88 Å². The maximum Gasteiger partial charge on any atom is 0.309 e. The third-order valence-corrected chi connectivity index (χ3v) is 6.35. The van der Waals surface area contributed by atoms with E-state index in [2.05, 4.69) is 18.8 Å². The third-order valence-electron chi connectivity index (χ3n) is 5.34. The topological polar surface area (TPSA) is 79.7 Å². The number of rotatable bonds is 5. The molecule has 144 valence electrons. The first-order valence-corrected chi connectivity index (χ1v) is 10.3. The molecule has 26 heavy (non-hydrogen) atoms. The zero-order valence-electron chi connectivity index (χ0n) is 15.7. The lowest BCUT2D eigenvalue weighted by Crippen LogP contribution is -2.43. The highest BCUT2D eigenvalue weighted by molar-refractivity contribution is 7.13. The van der Waals surface area contributed by atoms with Crippen LogP contribution in [-0.4, -0.2) is 52.7 Å². The van der Waals surface area contributed by atoms with Crippen molar-refractivity contribution in [3.8, 4) is 0 Å². The van der Waals surface area contributed by atoms with Crippen LogP contribution in [0.15, 0.2) is 0 Å². The van der Waals surface area contributed by atoms with Gasteiger partial charge in [-0.25, -0.2) is 4.98 Å². The van der Waals surface area contributed by atoms with Gasteiger partial charge in [-0.15, -0.1) is 11.3 Å². The highest BCUT2D eigenvalue weighted by Gasteiger charge is 2.41. The van der Waals surface area contributed by atoms with Gasteiger partial charge >= 0.3 is 5.97 Å². The smallest absolute Gasteiger partial charge is 0.309 e. The lowest BCUT2D eigenvalue weighted by atomic mass is 9.84. The van der Waals surface area contributed by atoms with Gasteiger partial charge in [0.05, 0.1) is 22.7 Å². The van der Waals surface area contributed by atoms with Gasteiger partial charge in [0, 0.05) is 19.7 Å². The molecule has 0 aromatic carbocycles. The molecule has 2 aliphatic rings. The lowest BCUT2D eigenvalue weighted by molar-refractivity contribution is -0.145. The van der Waals surface area contributed by atoms with Crippen LogP contribution in [0.25, 0.3) is 0 Å². The number of hydrogen-bond donors (Lipinski definition) is 1. The van der Waals surface area contributed by atoms with Crippen molar-refractivity contribution in [1.29, 1.82) is 0 Å². The molecule has 0 spiro atoms. The molecule has 0 saturated carbocycles. The fourth-order valence-corrected chi connectivity index (χ4v) is 4.99. The number of thiazole rings is 1. The summed E-state index contributed by atoms with van der Waals surface area (Å²) in [5, 5.41) is 10.3. The Kier molecular flexibility index (Phi) is 5.97. The average Bonchev–Trinajstić information content (AvgIpc) is 3.21. The fraction of sp³-hybridized carbons (Fsp3) is 0.737. The monoisotopic (exact) mass is 380 g/mol. The Hall–Kier alpha value is -1.47. The second-order valence-electron chi connectivity index (χ2n) is 7.81. The number of amides is 1. The number of aromatic nitrogens is 1. The summed E-state index contributed by atoms with van der Waals surface area (Å²) in [5.74, 6) is -0.400. The summed E-state index contributed by atoms with van der Waals surface area (Å²) in [5.41, 5.74) is 0.916. The van der Waals surface area contributed by atoms with E-state index in [9.17, 15) is 14.7 Å². The molecule has 6 nitrogen and oxygen atoms in total. The number of ether oxygens (including phenoxy) is 1. The Labute approximate surface area is 158 Å². The molecular formula is C19H28N2O4S. The van der Waals surface area contributed by atoms with Gasteiger partial charge in [0.15, 0.2) is 0 Å². The van der Waals surface area contributed by atoms with Crippen LogP contribution in [0.3, 0.4) is 0 Å². The first-order chi connectivity index (χ1) is 12.4. The van der Waals surface area contributed by atoms with E-state index in [4.69, 9.17) is 4.74 Å². The van der Waals surface area contributed by atoms with Gasteiger partial charge in [-0.2, -0.15) is 0 Å². The highest BCUT2D eigenvalue weighted by Crippen LogP contribution is 2.34. The predicted octanol–water partition coefficient (Wildman–Crippen LogP) is 2.99. The van der Waals surface area contributed by atoms with E-state index >= 15 is 0 Å². The SMILES string of the molecule is Cc1nc(CC(C)C)c(C(=O)N2CCC([C@@H]3OCCC3C(=O)O)CC2)s1.